The molecule has 0 radical (unpaired) electrons. The third-order valence-electron chi connectivity index (χ3n) is 3.32. The van der Waals surface area contributed by atoms with E-state index in [4.69, 9.17) is 11.5 Å². The number of primary amides is 1. The van der Waals surface area contributed by atoms with Crippen molar-refractivity contribution in [3.8, 4) is 0 Å². The molecule has 100 valence electrons. The first kappa shape index (κ1) is 14.7. The molecule has 0 saturated carbocycles. The van der Waals surface area contributed by atoms with Crippen molar-refractivity contribution in [2.45, 2.75) is 32.4 Å². The molecule has 0 aromatic heterocycles. The van der Waals surface area contributed by atoms with E-state index in [1.54, 1.807) is 0 Å². The maximum atomic E-state index is 11.8. The third kappa shape index (κ3) is 3.09. The van der Waals surface area contributed by atoms with E-state index in [0.29, 0.717) is 12.6 Å². The predicted molar refractivity (Wildman–Crippen MR) is 73.9 cm³/mol. The maximum Gasteiger partial charge on any atom is 0.243 e. The molecule has 1 amide bonds. The Morgan fingerprint density at radius 1 is 1.33 bits per heavy atom. The lowest BCUT2D eigenvalue weighted by atomic mass is 9.89. The summed E-state index contributed by atoms with van der Waals surface area (Å²) in [5.41, 5.74) is 11.4. The highest BCUT2D eigenvalue weighted by Crippen LogP contribution is 2.20. The van der Waals surface area contributed by atoms with Crippen LogP contribution in [0.3, 0.4) is 0 Å². The molecule has 1 rings (SSSR count). The molecule has 18 heavy (non-hydrogen) atoms. The van der Waals surface area contributed by atoms with Crippen molar-refractivity contribution in [2.24, 2.45) is 11.5 Å². The smallest absolute Gasteiger partial charge is 0.243 e. The second-order valence-electron chi connectivity index (χ2n) is 4.86. The molecule has 0 spiro atoms. The van der Waals surface area contributed by atoms with Gasteiger partial charge in [0.2, 0.25) is 5.91 Å². The van der Waals surface area contributed by atoms with Crippen LogP contribution in [0.25, 0.3) is 0 Å². The van der Waals surface area contributed by atoms with Crippen LogP contribution in [-0.2, 0) is 10.3 Å². The fourth-order valence-electron chi connectivity index (χ4n) is 2.03. The lowest BCUT2D eigenvalue weighted by molar-refractivity contribution is -0.124. The molecular weight excluding hydrogens is 226 g/mol. The van der Waals surface area contributed by atoms with Gasteiger partial charge in [0.1, 0.15) is 5.54 Å². The molecule has 0 bridgehead atoms. The Morgan fingerprint density at radius 3 is 2.28 bits per heavy atom. The van der Waals surface area contributed by atoms with Crippen molar-refractivity contribution in [3.05, 3.63) is 35.9 Å². The summed E-state index contributed by atoms with van der Waals surface area (Å²) in [6.07, 6.45) is 0. The SMILES string of the molecule is CCN(CC(N)(C(N)=O)c1ccccc1)C(C)C. The van der Waals surface area contributed by atoms with Gasteiger partial charge in [0.05, 0.1) is 0 Å². The Hall–Kier alpha value is -1.39. The topological polar surface area (TPSA) is 72.3 Å². The Bertz CT molecular complexity index is 391. The zero-order valence-electron chi connectivity index (χ0n) is 11.4. The van der Waals surface area contributed by atoms with Crippen molar-refractivity contribution in [1.82, 2.24) is 4.90 Å². The maximum absolute atomic E-state index is 11.8. The van der Waals surface area contributed by atoms with Crippen molar-refractivity contribution in [3.63, 3.8) is 0 Å². The number of carbonyl (C=O) groups is 1. The minimum absolute atomic E-state index is 0.320. The van der Waals surface area contributed by atoms with Gasteiger partial charge in [-0.3, -0.25) is 9.69 Å². The minimum atomic E-state index is -1.14. The molecule has 0 aliphatic rings. The highest BCUT2D eigenvalue weighted by Gasteiger charge is 2.36. The number of hydrogen-bond donors (Lipinski definition) is 2. The van der Waals surface area contributed by atoms with E-state index in [1.807, 2.05) is 37.3 Å². The second kappa shape index (κ2) is 5.98. The van der Waals surface area contributed by atoms with Crippen molar-refractivity contribution in [2.75, 3.05) is 13.1 Å². The number of nitrogens with zero attached hydrogens (tertiary/aromatic N) is 1. The minimum Gasteiger partial charge on any atom is -0.368 e. The molecule has 4 N–H and O–H groups in total. The van der Waals surface area contributed by atoms with Crippen LogP contribution in [0.1, 0.15) is 26.3 Å². The van der Waals surface area contributed by atoms with Gasteiger partial charge in [0, 0.05) is 12.6 Å². The lowest BCUT2D eigenvalue weighted by Crippen LogP contribution is -2.57. The van der Waals surface area contributed by atoms with Gasteiger partial charge in [0.25, 0.3) is 0 Å². The average Bonchev–Trinajstić information content (AvgIpc) is 2.36. The molecule has 1 aromatic rings. The van der Waals surface area contributed by atoms with Gasteiger partial charge in [-0.15, -0.1) is 0 Å². The molecule has 4 heteroatoms. The van der Waals surface area contributed by atoms with Gasteiger partial charge >= 0.3 is 0 Å². The fourth-order valence-corrected chi connectivity index (χ4v) is 2.03. The van der Waals surface area contributed by atoms with Gasteiger partial charge in [-0.25, -0.2) is 0 Å². The van der Waals surface area contributed by atoms with E-state index >= 15 is 0 Å². The van der Waals surface area contributed by atoms with Crippen LogP contribution in [-0.4, -0.2) is 29.9 Å². The Balaban J connectivity index is 3.05. The van der Waals surface area contributed by atoms with Crippen LogP contribution in [0, 0.1) is 0 Å². The fraction of sp³-hybridized carbons (Fsp3) is 0.500. The van der Waals surface area contributed by atoms with Gasteiger partial charge in [0.15, 0.2) is 0 Å². The summed E-state index contributed by atoms with van der Waals surface area (Å²) >= 11 is 0. The number of likely N-dealkylation sites (N-methyl/N-ethyl adjacent to an activating group) is 1. The molecule has 1 aromatic carbocycles. The van der Waals surface area contributed by atoms with E-state index in [-0.39, 0.29) is 0 Å². The molecular formula is C14H23N3O. The van der Waals surface area contributed by atoms with Crippen LogP contribution in [0.15, 0.2) is 30.3 Å². The largest absolute Gasteiger partial charge is 0.368 e. The predicted octanol–water partition coefficient (Wildman–Crippen LogP) is 1.06. The van der Waals surface area contributed by atoms with Gasteiger partial charge in [-0.2, -0.15) is 0 Å². The van der Waals surface area contributed by atoms with E-state index in [9.17, 15) is 4.79 Å². The summed E-state index contributed by atoms with van der Waals surface area (Å²) in [6, 6.07) is 9.64. The van der Waals surface area contributed by atoms with Crippen molar-refractivity contribution >= 4 is 5.91 Å². The van der Waals surface area contributed by atoms with E-state index < -0.39 is 11.4 Å². The summed E-state index contributed by atoms with van der Waals surface area (Å²) in [5.74, 6) is -0.493. The van der Waals surface area contributed by atoms with Crippen LogP contribution in [0.2, 0.25) is 0 Å². The zero-order valence-corrected chi connectivity index (χ0v) is 11.4. The third-order valence-corrected chi connectivity index (χ3v) is 3.32. The standard InChI is InChI=1S/C14H23N3O/c1-4-17(11(2)3)10-14(16,13(15)18)12-8-6-5-7-9-12/h5-9,11H,4,10,16H2,1-3H3,(H2,15,18). The van der Waals surface area contributed by atoms with Crippen LogP contribution in [0.5, 0.6) is 0 Å². The van der Waals surface area contributed by atoms with E-state index in [1.165, 1.54) is 0 Å². The number of rotatable bonds is 6. The number of hydrogen-bond acceptors (Lipinski definition) is 3. The highest BCUT2D eigenvalue weighted by molar-refractivity contribution is 5.86. The number of benzene rings is 1. The van der Waals surface area contributed by atoms with Gasteiger partial charge in [-0.05, 0) is 26.0 Å². The summed E-state index contributed by atoms with van der Waals surface area (Å²) in [6.45, 7) is 7.47. The first-order chi connectivity index (χ1) is 8.41. The van der Waals surface area contributed by atoms with Crippen LogP contribution in [0.4, 0.5) is 0 Å². The second-order valence-corrected chi connectivity index (χ2v) is 4.86. The zero-order chi connectivity index (χ0) is 13.8. The van der Waals surface area contributed by atoms with Crippen LogP contribution >= 0.6 is 0 Å². The normalized spacial score (nSPS) is 14.8. The molecule has 1 unspecified atom stereocenters. The number of nitrogens with two attached hydrogens (primary N) is 2. The Labute approximate surface area is 109 Å². The summed E-state index contributed by atoms with van der Waals surface area (Å²) in [4.78, 5) is 13.9. The van der Waals surface area contributed by atoms with E-state index in [0.717, 1.165) is 12.1 Å². The van der Waals surface area contributed by atoms with Gasteiger partial charge in [-0.1, -0.05) is 37.3 Å². The first-order valence-electron chi connectivity index (χ1n) is 6.30. The Kier molecular flexibility index (Phi) is 4.87. The van der Waals surface area contributed by atoms with Crippen LogP contribution < -0.4 is 11.5 Å². The quantitative estimate of drug-likeness (QED) is 0.791. The van der Waals surface area contributed by atoms with E-state index in [2.05, 4.69) is 18.7 Å². The molecule has 0 heterocycles. The monoisotopic (exact) mass is 249 g/mol. The average molecular weight is 249 g/mol. The molecule has 0 aliphatic carbocycles. The van der Waals surface area contributed by atoms with Gasteiger partial charge < -0.3 is 11.5 Å². The Morgan fingerprint density at radius 2 is 1.89 bits per heavy atom. The molecule has 0 fully saturated rings. The number of carbonyl (C=O) groups excluding carboxylic acids is 1. The lowest BCUT2D eigenvalue weighted by Gasteiger charge is -2.35. The highest BCUT2D eigenvalue weighted by atomic mass is 16.1. The molecule has 0 aliphatic heterocycles. The summed E-state index contributed by atoms with van der Waals surface area (Å²) in [5, 5.41) is 0. The molecule has 1 atom stereocenters. The summed E-state index contributed by atoms with van der Waals surface area (Å²) < 4.78 is 0. The first-order valence-corrected chi connectivity index (χ1v) is 6.30. The van der Waals surface area contributed by atoms with Crippen molar-refractivity contribution in [1.29, 1.82) is 0 Å². The molecule has 4 nitrogen and oxygen atoms in total. The summed E-state index contributed by atoms with van der Waals surface area (Å²) in [7, 11) is 0. The number of amides is 1. The molecule has 0 saturated heterocycles. The van der Waals surface area contributed by atoms with Crippen molar-refractivity contribution < 1.29 is 4.79 Å².